The van der Waals surface area contributed by atoms with Crippen LogP contribution >= 0.6 is 11.3 Å². The van der Waals surface area contributed by atoms with Gasteiger partial charge in [0.2, 0.25) is 5.95 Å². The summed E-state index contributed by atoms with van der Waals surface area (Å²) in [6, 6.07) is 12.4. The van der Waals surface area contributed by atoms with Crippen molar-refractivity contribution >= 4 is 22.8 Å². The van der Waals surface area contributed by atoms with E-state index in [1.54, 1.807) is 41.0 Å². The molecule has 5 rings (SSSR count). The van der Waals surface area contributed by atoms with Gasteiger partial charge in [-0.2, -0.15) is 4.98 Å². The molecule has 0 aliphatic carbocycles. The zero-order valence-electron chi connectivity index (χ0n) is 15.6. The number of imidazole rings is 2. The highest BCUT2D eigenvalue weighted by Crippen LogP contribution is 2.35. The Bertz CT molecular complexity index is 1190. The molecule has 0 atom stereocenters. The normalized spacial score (nSPS) is 10.9. The fourth-order valence-corrected chi connectivity index (χ4v) is 3.84. The lowest BCUT2D eigenvalue weighted by atomic mass is 10.2. The van der Waals surface area contributed by atoms with Crippen LogP contribution in [-0.2, 0) is 0 Å². The first-order valence-corrected chi connectivity index (χ1v) is 9.89. The number of hydrogen-bond acceptors (Lipinski definition) is 6. The molecule has 0 N–H and O–H groups in total. The van der Waals surface area contributed by atoms with Gasteiger partial charge in [-0.1, -0.05) is 6.07 Å². The van der Waals surface area contributed by atoms with E-state index >= 15 is 0 Å². The van der Waals surface area contributed by atoms with E-state index in [0.29, 0.717) is 5.95 Å². The van der Waals surface area contributed by atoms with Crippen LogP contribution in [0.15, 0.2) is 85.4 Å². The molecule has 0 spiro atoms. The van der Waals surface area contributed by atoms with Crippen molar-refractivity contribution in [2.24, 2.45) is 0 Å². The number of rotatable bonds is 5. The second-order valence-corrected chi connectivity index (χ2v) is 7.35. The molecule has 0 radical (unpaired) electrons. The van der Waals surface area contributed by atoms with E-state index in [1.165, 1.54) is 0 Å². The monoisotopic (exact) mass is 399 g/mol. The minimum absolute atomic E-state index is 0.583. The summed E-state index contributed by atoms with van der Waals surface area (Å²) in [5.41, 5.74) is 3.08. The molecule has 0 aliphatic rings. The van der Waals surface area contributed by atoms with Crippen molar-refractivity contribution < 1.29 is 0 Å². The topological polar surface area (TPSA) is 64.7 Å². The van der Waals surface area contributed by atoms with E-state index in [1.807, 2.05) is 36.3 Å². The van der Waals surface area contributed by atoms with Gasteiger partial charge in [0.25, 0.3) is 0 Å². The molecule has 5 aromatic rings. The van der Waals surface area contributed by atoms with Crippen LogP contribution in [0.4, 0.5) is 11.5 Å². The Morgan fingerprint density at radius 2 is 1.69 bits per heavy atom. The molecule has 0 unspecified atom stereocenters. The van der Waals surface area contributed by atoms with Crippen LogP contribution < -0.4 is 4.90 Å². The van der Waals surface area contributed by atoms with Crippen molar-refractivity contribution in [3.63, 3.8) is 0 Å². The zero-order chi connectivity index (χ0) is 19.6. The summed E-state index contributed by atoms with van der Waals surface area (Å²) in [4.78, 5) is 20.8. The lowest BCUT2D eigenvalue weighted by molar-refractivity contribution is 0.917. The summed E-state index contributed by atoms with van der Waals surface area (Å²) in [6.45, 7) is 0. The van der Waals surface area contributed by atoms with E-state index in [4.69, 9.17) is 4.98 Å². The Morgan fingerprint density at radius 1 is 0.931 bits per heavy atom. The molecule has 0 bridgehead atoms. The summed E-state index contributed by atoms with van der Waals surface area (Å²) in [5, 5.41) is 2.06. The van der Waals surface area contributed by atoms with E-state index < -0.39 is 0 Å². The van der Waals surface area contributed by atoms with Crippen molar-refractivity contribution in [3.05, 3.63) is 85.4 Å². The quantitative estimate of drug-likeness (QED) is 0.440. The van der Waals surface area contributed by atoms with Crippen LogP contribution in [0.5, 0.6) is 0 Å². The first-order chi connectivity index (χ1) is 14.3. The molecule has 0 aliphatic heterocycles. The molecule has 7 nitrogen and oxygen atoms in total. The van der Waals surface area contributed by atoms with E-state index in [0.717, 1.165) is 27.6 Å². The third-order valence-electron chi connectivity index (χ3n) is 4.64. The zero-order valence-corrected chi connectivity index (χ0v) is 16.4. The Balaban J connectivity index is 1.56. The van der Waals surface area contributed by atoms with Crippen LogP contribution in [0.3, 0.4) is 0 Å². The number of anilines is 2. The first-order valence-electron chi connectivity index (χ1n) is 9.01. The fraction of sp³-hybridized carbons (Fsp3) is 0.0476. The van der Waals surface area contributed by atoms with Gasteiger partial charge in [-0.15, -0.1) is 11.3 Å². The number of nitrogens with zero attached hydrogens (tertiary/aromatic N) is 7. The largest absolute Gasteiger partial charge is 0.329 e. The molecule has 4 heterocycles. The highest BCUT2D eigenvalue weighted by atomic mass is 32.1. The molecule has 0 amide bonds. The van der Waals surface area contributed by atoms with Crippen molar-refractivity contribution in [1.29, 1.82) is 0 Å². The van der Waals surface area contributed by atoms with Gasteiger partial charge in [-0.25, -0.2) is 15.0 Å². The average molecular weight is 399 g/mol. The molecule has 8 heteroatoms. The van der Waals surface area contributed by atoms with Gasteiger partial charge < -0.3 is 9.47 Å². The second-order valence-electron chi connectivity index (χ2n) is 6.40. The highest BCUT2D eigenvalue weighted by molar-refractivity contribution is 7.13. The number of aromatic nitrogens is 6. The Morgan fingerprint density at radius 3 is 2.34 bits per heavy atom. The van der Waals surface area contributed by atoms with Gasteiger partial charge in [-0.3, -0.25) is 4.57 Å². The molecule has 1 aromatic carbocycles. The van der Waals surface area contributed by atoms with Crippen molar-refractivity contribution in [3.8, 4) is 22.1 Å². The lowest BCUT2D eigenvalue weighted by Crippen LogP contribution is -2.14. The molecular weight excluding hydrogens is 382 g/mol. The van der Waals surface area contributed by atoms with Crippen LogP contribution in [0, 0.1) is 0 Å². The van der Waals surface area contributed by atoms with E-state index in [2.05, 4.69) is 55.6 Å². The maximum Gasteiger partial charge on any atom is 0.236 e. The predicted octanol–water partition coefficient (Wildman–Crippen LogP) is 4.34. The summed E-state index contributed by atoms with van der Waals surface area (Å²) in [5.74, 6) is 1.42. The van der Waals surface area contributed by atoms with Gasteiger partial charge in [0, 0.05) is 54.3 Å². The van der Waals surface area contributed by atoms with Crippen molar-refractivity contribution in [1.82, 2.24) is 29.1 Å². The van der Waals surface area contributed by atoms with Crippen LogP contribution in [-0.4, -0.2) is 36.1 Å². The Kier molecular flexibility index (Phi) is 4.38. The fourth-order valence-electron chi connectivity index (χ4n) is 3.11. The van der Waals surface area contributed by atoms with Crippen LogP contribution in [0.2, 0.25) is 0 Å². The third-order valence-corrected chi connectivity index (χ3v) is 5.54. The molecule has 0 fully saturated rings. The summed E-state index contributed by atoms with van der Waals surface area (Å²) in [7, 11) is 2.02. The highest BCUT2D eigenvalue weighted by Gasteiger charge is 2.16. The molecule has 4 aromatic heterocycles. The Labute approximate surface area is 171 Å². The molecule has 142 valence electrons. The lowest BCUT2D eigenvalue weighted by Gasteiger charge is -2.22. The van der Waals surface area contributed by atoms with E-state index in [-0.39, 0.29) is 0 Å². The Hall–Kier alpha value is -3.78. The molecule has 0 saturated heterocycles. The molecular formula is C21H17N7S. The second kappa shape index (κ2) is 7.33. The summed E-state index contributed by atoms with van der Waals surface area (Å²) < 4.78 is 3.78. The van der Waals surface area contributed by atoms with Crippen LogP contribution in [0.25, 0.3) is 22.1 Å². The van der Waals surface area contributed by atoms with Crippen molar-refractivity contribution in [2.75, 3.05) is 11.9 Å². The van der Waals surface area contributed by atoms with Gasteiger partial charge in [0.15, 0.2) is 0 Å². The summed E-state index contributed by atoms with van der Waals surface area (Å²) in [6.07, 6.45) is 12.6. The van der Waals surface area contributed by atoms with Crippen LogP contribution in [0.1, 0.15) is 0 Å². The summed E-state index contributed by atoms with van der Waals surface area (Å²) >= 11 is 1.67. The smallest absolute Gasteiger partial charge is 0.236 e. The first kappa shape index (κ1) is 17.3. The SMILES string of the molecule is CN(c1ccc(-n2ccnc2)cc1)c1nc(-n2ccnc2)ncc1-c1cccs1. The number of benzene rings is 1. The van der Waals surface area contributed by atoms with Gasteiger partial charge in [0.05, 0.1) is 11.9 Å². The molecule has 29 heavy (non-hydrogen) atoms. The maximum atomic E-state index is 4.85. The number of thiophene rings is 1. The average Bonchev–Trinajstić information content (AvgIpc) is 3.56. The minimum Gasteiger partial charge on any atom is -0.329 e. The third kappa shape index (κ3) is 3.30. The number of hydrogen-bond donors (Lipinski definition) is 0. The standard InChI is InChI=1S/C21H17N7S/c1-26(16-4-6-17(7-5-16)27-10-8-22-14-27)20-18(19-3-2-12-29-19)13-24-21(25-20)28-11-9-23-15-28/h2-15H,1H3. The van der Waals surface area contributed by atoms with Crippen molar-refractivity contribution in [2.45, 2.75) is 0 Å². The van der Waals surface area contributed by atoms with Gasteiger partial charge in [0.1, 0.15) is 12.1 Å². The molecule has 0 saturated carbocycles. The predicted molar refractivity (Wildman–Crippen MR) is 114 cm³/mol. The van der Waals surface area contributed by atoms with Gasteiger partial charge in [-0.05, 0) is 35.7 Å². The van der Waals surface area contributed by atoms with Gasteiger partial charge >= 0.3 is 0 Å². The minimum atomic E-state index is 0.583. The maximum absolute atomic E-state index is 4.85. The van der Waals surface area contributed by atoms with E-state index in [9.17, 15) is 0 Å².